The highest BCUT2D eigenvalue weighted by molar-refractivity contribution is 5.43. The van der Waals surface area contributed by atoms with Crippen LogP contribution >= 0.6 is 0 Å². The molecule has 2 aromatic heterocycles. The minimum absolute atomic E-state index is 0.166. The predicted octanol–water partition coefficient (Wildman–Crippen LogP) is -0.430. The molecule has 13 heavy (non-hydrogen) atoms. The van der Waals surface area contributed by atoms with Gasteiger partial charge in [-0.25, -0.2) is 0 Å². The molecule has 66 valence electrons. The lowest BCUT2D eigenvalue weighted by molar-refractivity contribution is 1.04. The minimum atomic E-state index is -0.258. The van der Waals surface area contributed by atoms with Crippen molar-refractivity contribution in [2.24, 2.45) is 0 Å². The van der Waals surface area contributed by atoms with Gasteiger partial charge < -0.3 is 10.7 Å². The molecule has 0 saturated heterocycles. The van der Waals surface area contributed by atoms with Crippen LogP contribution in [0.3, 0.4) is 0 Å². The molecule has 2 rings (SSSR count). The van der Waals surface area contributed by atoms with Gasteiger partial charge in [0.05, 0.1) is 0 Å². The lowest BCUT2D eigenvalue weighted by Gasteiger charge is -1.99. The van der Waals surface area contributed by atoms with Gasteiger partial charge in [-0.2, -0.15) is 0 Å². The summed E-state index contributed by atoms with van der Waals surface area (Å²) in [4.78, 5) is 24.9. The van der Waals surface area contributed by atoms with Crippen molar-refractivity contribution >= 4 is 11.5 Å². The molecule has 0 radical (unpaired) electrons. The lowest BCUT2D eigenvalue weighted by atomic mass is 10.4. The Labute approximate surface area is 72.4 Å². The fourth-order valence-electron chi connectivity index (χ4n) is 1.16. The van der Waals surface area contributed by atoms with Crippen molar-refractivity contribution in [1.82, 2.24) is 9.38 Å². The van der Waals surface area contributed by atoms with Gasteiger partial charge in [0, 0.05) is 24.4 Å². The van der Waals surface area contributed by atoms with Crippen molar-refractivity contribution < 1.29 is 0 Å². The quantitative estimate of drug-likeness (QED) is 0.573. The van der Waals surface area contributed by atoms with E-state index in [1.807, 2.05) is 0 Å². The summed E-state index contributed by atoms with van der Waals surface area (Å²) in [5.74, 6) is 0.246. The van der Waals surface area contributed by atoms with Crippen LogP contribution in [0.2, 0.25) is 0 Å². The molecule has 0 aliphatic carbocycles. The summed E-state index contributed by atoms with van der Waals surface area (Å²) in [5, 5.41) is 0. The number of anilines is 1. The molecule has 0 unspecified atom stereocenters. The Bertz CT molecular complexity index is 567. The molecule has 2 heterocycles. The predicted molar refractivity (Wildman–Crippen MR) is 48.7 cm³/mol. The SMILES string of the molecule is Nc1cc(=O)n2ccc(=O)cc2[nH]1. The van der Waals surface area contributed by atoms with E-state index < -0.39 is 0 Å². The molecule has 0 atom stereocenters. The molecule has 0 amide bonds. The Kier molecular flexibility index (Phi) is 1.45. The molecule has 5 nitrogen and oxygen atoms in total. The van der Waals surface area contributed by atoms with Gasteiger partial charge in [0.25, 0.3) is 5.56 Å². The topological polar surface area (TPSA) is 80.4 Å². The van der Waals surface area contributed by atoms with Crippen molar-refractivity contribution in [1.29, 1.82) is 0 Å². The molecular formula is C8H7N3O2. The van der Waals surface area contributed by atoms with Crippen LogP contribution in [0, 0.1) is 0 Å². The number of H-pyrrole nitrogens is 1. The maximum absolute atomic E-state index is 11.3. The minimum Gasteiger partial charge on any atom is -0.385 e. The van der Waals surface area contributed by atoms with Crippen LogP contribution in [-0.2, 0) is 0 Å². The summed E-state index contributed by atoms with van der Waals surface area (Å²) in [5.41, 5.74) is 5.38. The number of aromatic nitrogens is 2. The third-order valence-electron chi connectivity index (χ3n) is 1.72. The van der Waals surface area contributed by atoms with Crippen molar-refractivity contribution in [3.63, 3.8) is 0 Å². The van der Waals surface area contributed by atoms with Gasteiger partial charge in [0.1, 0.15) is 11.5 Å². The highest BCUT2D eigenvalue weighted by Crippen LogP contribution is 1.95. The van der Waals surface area contributed by atoms with Crippen molar-refractivity contribution in [2.75, 3.05) is 5.73 Å². The molecule has 0 aromatic carbocycles. The number of nitrogens with zero attached hydrogens (tertiary/aromatic N) is 1. The second-order valence-corrected chi connectivity index (χ2v) is 2.68. The fourth-order valence-corrected chi connectivity index (χ4v) is 1.16. The van der Waals surface area contributed by atoms with Crippen LogP contribution in [0.15, 0.2) is 34.0 Å². The molecule has 0 bridgehead atoms. The normalized spacial score (nSPS) is 10.5. The van der Waals surface area contributed by atoms with E-state index in [0.717, 1.165) is 0 Å². The average Bonchev–Trinajstić information content (AvgIpc) is 2.02. The third kappa shape index (κ3) is 1.20. The molecule has 0 aliphatic rings. The molecular weight excluding hydrogens is 170 g/mol. The van der Waals surface area contributed by atoms with E-state index in [1.165, 1.54) is 28.8 Å². The number of hydrogen-bond acceptors (Lipinski definition) is 3. The summed E-state index contributed by atoms with van der Waals surface area (Å²) < 4.78 is 1.32. The number of nitrogens with two attached hydrogens (primary N) is 1. The number of nitrogens with one attached hydrogen (secondary N) is 1. The summed E-state index contributed by atoms with van der Waals surface area (Å²) >= 11 is 0. The summed E-state index contributed by atoms with van der Waals surface area (Å²) in [6.07, 6.45) is 1.41. The van der Waals surface area contributed by atoms with E-state index in [4.69, 9.17) is 5.73 Å². The van der Waals surface area contributed by atoms with Crippen LogP contribution < -0.4 is 16.7 Å². The van der Waals surface area contributed by atoms with E-state index in [0.29, 0.717) is 5.65 Å². The Hall–Kier alpha value is -2.04. The van der Waals surface area contributed by atoms with E-state index in [2.05, 4.69) is 4.98 Å². The number of aromatic amines is 1. The largest absolute Gasteiger partial charge is 0.385 e. The zero-order valence-corrected chi connectivity index (χ0v) is 6.65. The number of rotatable bonds is 0. The first kappa shape index (κ1) is 7.60. The van der Waals surface area contributed by atoms with Crippen LogP contribution in [0.5, 0.6) is 0 Å². The van der Waals surface area contributed by atoms with E-state index in [-0.39, 0.29) is 16.8 Å². The maximum atomic E-state index is 11.3. The number of fused-ring (bicyclic) bond motifs is 1. The van der Waals surface area contributed by atoms with Gasteiger partial charge in [-0.1, -0.05) is 0 Å². The Morgan fingerprint density at radius 1 is 1.31 bits per heavy atom. The standard InChI is InChI=1S/C8H7N3O2/c9-6-4-8(13)11-2-1-5(12)3-7(11)10-6/h1-4,10H,9H2. The zero-order valence-electron chi connectivity index (χ0n) is 6.65. The highest BCUT2D eigenvalue weighted by Gasteiger charge is 1.97. The number of hydrogen-bond donors (Lipinski definition) is 2. The van der Waals surface area contributed by atoms with Gasteiger partial charge in [-0.3, -0.25) is 14.0 Å². The molecule has 0 aliphatic heterocycles. The average molecular weight is 177 g/mol. The van der Waals surface area contributed by atoms with E-state index in [9.17, 15) is 9.59 Å². The van der Waals surface area contributed by atoms with Crippen LogP contribution in [0.25, 0.3) is 5.65 Å². The molecule has 2 aromatic rings. The molecule has 3 N–H and O–H groups in total. The molecule has 0 fully saturated rings. The van der Waals surface area contributed by atoms with Crippen LogP contribution in [-0.4, -0.2) is 9.38 Å². The molecule has 0 spiro atoms. The van der Waals surface area contributed by atoms with E-state index >= 15 is 0 Å². The molecule has 0 saturated carbocycles. The van der Waals surface area contributed by atoms with Crippen molar-refractivity contribution in [2.45, 2.75) is 0 Å². The van der Waals surface area contributed by atoms with Crippen molar-refractivity contribution in [3.05, 3.63) is 45.0 Å². The van der Waals surface area contributed by atoms with Crippen LogP contribution in [0.4, 0.5) is 5.82 Å². The third-order valence-corrected chi connectivity index (χ3v) is 1.72. The van der Waals surface area contributed by atoms with Gasteiger partial charge >= 0.3 is 0 Å². The summed E-state index contributed by atoms with van der Waals surface area (Å²) in [7, 11) is 0. The van der Waals surface area contributed by atoms with Gasteiger partial charge in [0.2, 0.25) is 0 Å². The summed E-state index contributed by atoms with van der Waals surface area (Å²) in [6.45, 7) is 0. The van der Waals surface area contributed by atoms with Crippen molar-refractivity contribution in [3.8, 4) is 0 Å². The second kappa shape index (κ2) is 2.48. The van der Waals surface area contributed by atoms with E-state index in [1.54, 1.807) is 0 Å². The molecule has 5 heteroatoms. The lowest BCUT2D eigenvalue weighted by Crippen LogP contribution is -2.17. The van der Waals surface area contributed by atoms with Gasteiger partial charge in [0.15, 0.2) is 5.43 Å². The Morgan fingerprint density at radius 3 is 2.85 bits per heavy atom. The first-order valence-electron chi connectivity index (χ1n) is 3.68. The Balaban J connectivity index is 3.03. The second-order valence-electron chi connectivity index (χ2n) is 2.68. The highest BCUT2D eigenvalue weighted by atomic mass is 16.1. The first-order chi connectivity index (χ1) is 6.16. The zero-order chi connectivity index (χ0) is 9.42. The number of nitrogen functional groups attached to an aromatic ring is 1. The van der Waals surface area contributed by atoms with Gasteiger partial charge in [-0.05, 0) is 0 Å². The Morgan fingerprint density at radius 2 is 2.08 bits per heavy atom. The summed E-state index contributed by atoms with van der Waals surface area (Å²) in [6, 6.07) is 3.90. The monoisotopic (exact) mass is 177 g/mol. The number of pyridine rings is 1. The fraction of sp³-hybridized carbons (Fsp3) is 0. The smallest absolute Gasteiger partial charge is 0.259 e. The first-order valence-corrected chi connectivity index (χ1v) is 3.68. The van der Waals surface area contributed by atoms with Gasteiger partial charge in [-0.15, -0.1) is 0 Å². The van der Waals surface area contributed by atoms with Crippen LogP contribution in [0.1, 0.15) is 0 Å². The maximum Gasteiger partial charge on any atom is 0.259 e.